The molecule has 0 radical (unpaired) electrons. The monoisotopic (exact) mass is 246 g/mol. The Balaban J connectivity index is 2.77. The summed E-state index contributed by atoms with van der Waals surface area (Å²) in [5.74, 6) is 0.153. The van der Waals surface area contributed by atoms with Crippen molar-refractivity contribution >= 4 is 30.2 Å². The highest BCUT2D eigenvalue weighted by molar-refractivity contribution is 7.80. The minimum atomic E-state index is -0.426. The molecular weight excluding hydrogens is 236 g/mol. The topological polar surface area (TPSA) is 35.5 Å². The van der Waals surface area contributed by atoms with E-state index in [-0.39, 0.29) is 6.61 Å². The molecule has 0 saturated carbocycles. The number of hydrogen-bond donors (Lipinski definition) is 1. The number of thiol groups is 1. The van der Waals surface area contributed by atoms with Crippen LogP contribution in [0.25, 0.3) is 0 Å². The number of esters is 1. The summed E-state index contributed by atoms with van der Waals surface area (Å²) >= 11 is 10.0. The Morgan fingerprint density at radius 1 is 1.53 bits per heavy atom. The Morgan fingerprint density at radius 3 is 2.80 bits per heavy atom. The third-order valence-electron chi connectivity index (χ3n) is 1.82. The summed E-state index contributed by atoms with van der Waals surface area (Å²) in [6.45, 7) is 1.72. The van der Waals surface area contributed by atoms with Gasteiger partial charge >= 0.3 is 5.97 Å². The van der Waals surface area contributed by atoms with E-state index in [9.17, 15) is 4.79 Å². The van der Waals surface area contributed by atoms with Crippen LogP contribution in [0, 0.1) is 6.92 Å². The smallest absolute Gasteiger partial charge is 0.343 e. The molecule has 0 amide bonds. The number of benzene rings is 1. The number of ether oxygens (including phenoxy) is 2. The quantitative estimate of drug-likeness (QED) is 0.658. The van der Waals surface area contributed by atoms with E-state index in [2.05, 4.69) is 17.4 Å². The average Bonchev–Trinajstić information content (AvgIpc) is 2.21. The van der Waals surface area contributed by atoms with Gasteiger partial charge in [0.05, 0.1) is 12.1 Å². The maximum atomic E-state index is 10.9. The van der Waals surface area contributed by atoms with Crippen LogP contribution in [-0.2, 0) is 9.53 Å². The van der Waals surface area contributed by atoms with Gasteiger partial charge in [-0.05, 0) is 24.6 Å². The third-order valence-corrected chi connectivity index (χ3v) is 2.63. The number of carbonyl (C=O) groups is 1. The van der Waals surface area contributed by atoms with Gasteiger partial charge in [-0.2, -0.15) is 0 Å². The van der Waals surface area contributed by atoms with Gasteiger partial charge in [-0.1, -0.05) is 11.6 Å². The highest BCUT2D eigenvalue weighted by atomic mass is 35.5. The molecule has 0 aliphatic rings. The van der Waals surface area contributed by atoms with Gasteiger partial charge in [0.1, 0.15) is 5.75 Å². The summed E-state index contributed by atoms with van der Waals surface area (Å²) in [6.07, 6.45) is 0. The van der Waals surface area contributed by atoms with Crippen LogP contribution < -0.4 is 4.74 Å². The van der Waals surface area contributed by atoms with Crippen LogP contribution in [0.4, 0.5) is 0 Å². The van der Waals surface area contributed by atoms with Crippen LogP contribution in [0.2, 0.25) is 5.02 Å². The molecule has 0 heterocycles. The summed E-state index contributed by atoms with van der Waals surface area (Å²) in [5, 5.41) is 0.557. The first-order chi connectivity index (χ1) is 7.04. The van der Waals surface area contributed by atoms with E-state index in [0.29, 0.717) is 15.7 Å². The first-order valence-electron chi connectivity index (χ1n) is 4.23. The molecule has 0 atom stereocenters. The second-order valence-corrected chi connectivity index (χ2v) is 3.82. The zero-order chi connectivity index (χ0) is 11.4. The number of aryl methyl sites for hydroxylation is 1. The molecule has 3 nitrogen and oxygen atoms in total. The highest BCUT2D eigenvalue weighted by Gasteiger charge is 2.07. The van der Waals surface area contributed by atoms with Crippen molar-refractivity contribution in [3.63, 3.8) is 0 Å². The second kappa shape index (κ2) is 5.28. The lowest BCUT2D eigenvalue weighted by Gasteiger charge is -2.09. The van der Waals surface area contributed by atoms with Crippen molar-refractivity contribution in [2.24, 2.45) is 0 Å². The van der Waals surface area contributed by atoms with Crippen LogP contribution in [-0.4, -0.2) is 19.7 Å². The van der Waals surface area contributed by atoms with E-state index < -0.39 is 5.97 Å². The van der Waals surface area contributed by atoms with E-state index in [1.807, 2.05) is 6.92 Å². The van der Waals surface area contributed by atoms with Crippen molar-refractivity contribution in [1.29, 1.82) is 0 Å². The third kappa shape index (κ3) is 3.32. The number of rotatable bonds is 3. The summed E-state index contributed by atoms with van der Waals surface area (Å²) in [4.78, 5) is 11.5. The number of halogens is 1. The van der Waals surface area contributed by atoms with Gasteiger partial charge < -0.3 is 9.47 Å². The Labute approximate surface area is 98.7 Å². The molecule has 1 aromatic carbocycles. The first-order valence-corrected chi connectivity index (χ1v) is 5.06. The van der Waals surface area contributed by atoms with Crippen molar-refractivity contribution < 1.29 is 14.3 Å². The summed E-state index contributed by atoms with van der Waals surface area (Å²) in [6, 6.07) is 3.40. The van der Waals surface area contributed by atoms with E-state index in [4.69, 9.17) is 16.3 Å². The Kier molecular flexibility index (Phi) is 4.29. The molecule has 0 aliphatic carbocycles. The summed E-state index contributed by atoms with van der Waals surface area (Å²) in [5.41, 5.74) is 0.849. The lowest BCUT2D eigenvalue weighted by Crippen LogP contribution is -2.13. The van der Waals surface area contributed by atoms with Gasteiger partial charge in [0.15, 0.2) is 6.61 Å². The SMILES string of the molecule is COC(=O)COc1cc(S)c(Cl)cc1C. The molecule has 0 fully saturated rings. The zero-order valence-electron chi connectivity index (χ0n) is 8.41. The maximum Gasteiger partial charge on any atom is 0.343 e. The zero-order valence-corrected chi connectivity index (χ0v) is 10.1. The lowest BCUT2D eigenvalue weighted by molar-refractivity contribution is -0.142. The number of methoxy groups -OCH3 is 1. The van der Waals surface area contributed by atoms with Crippen LogP contribution in [0.1, 0.15) is 5.56 Å². The molecule has 82 valence electrons. The Hall–Kier alpha value is -0.870. The van der Waals surface area contributed by atoms with Gasteiger partial charge in [-0.25, -0.2) is 4.79 Å². The van der Waals surface area contributed by atoms with Crippen LogP contribution in [0.3, 0.4) is 0 Å². The largest absolute Gasteiger partial charge is 0.482 e. The summed E-state index contributed by atoms with van der Waals surface area (Å²) in [7, 11) is 1.31. The predicted molar refractivity (Wildman–Crippen MR) is 61.0 cm³/mol. The van der Waals surface area contributed by atoms with Crippen molar-refractivity contribution in [3.05, 3.63) is 22.7 Å². The predicted octanol–water partition coefficient (Wildman–Crippen LogP) is 2.49. The van der Waals surface area contributed by atoms with E-state index in [0.717, 1.165) is 5.56 Å². The fourth-order valence-corrected chi connectivity index (χ4v) is 1.39. The molecule has 0 N–H and O–H groups in total. The maximum absolute atomic E-state index is 10.9. The van der Waals surface area contributed by atoms with Gasteiger partial charge in [0.2, 0.25) is 0 Å². The molecule has 1 rings (SSSR count). The van der Waals surface area contributed by atoms with Gasteiger partial charge in [0.25, 0.3) is 0 Å². The fourth-order valence-electron chi connectivity index (χ4n) is 0.993. The normalized spacial score (nSPS) is 9.87. The molecule has 0 aliphatic heterocycles. The molecule has 0 unspecified atom stereocenters. The number of hydrogen-bond acceptors (Lipinski definition) is 4. The van der Waals surface area contributed by atoms with E-state index >= 15 is 0 Å². The van der Waals surface area contributed by atoms with Gasteiger partial charge in [-0.15, -0.1) is 12.6 Å². The lowest BCUT2D eigenvalue weighted by atomic mass is 10.2. The molecule has 0 aromatic heterocycles. The Bertz CT molecular complexity index is 379. The van der Waals surface area contributed by atoms with Crippen molar-refractivity contribution in [1.82, 2.24) is 0 Å². The van der Waals surface area contributed by atoms with Crippen molar-refractivity contribution in [2.75, 3.05) is 13.7 Å². The highest BCUT2D eigenvalue weighted by Crippen LogP contribution is 2.28. The number of carbonyl (C=O) groups excluding carboxylic acids is 1. The van der Waals surface area contributed by atoms with Gasteiger partial charge in [-0.3, -0.25) is 0 Å². The average molecular weight is 247 g/mol. The standard InChI is InChI=1S/C10H11ClO3S/c1-6-3-7(11)9(15)4-8(6)14-5-10(12)13-2/h3-4,15H,5H2,1-2H3. The molecule has 0 bridgehead atoms. The van der Waals surface area contributed by atoms with Gasteiger partial charge in [0, 0.05) is 4.90 Å². The summed E-state index contributed by atoms with van der Waals surface area (Å²) < 4.78 is 9.70. The van der Waals surface area contributed by atoms with Crippen LogP contribution >= 0.6 is 24.2 Å². The fraction of sp³-hybridized carbons (Fsp3) is 0.300. The van der Waals surface area contributed by atoms with Crippen LogP contribution in [0.15, 0.2) is 17.0 Å². The molecule has 1 aromatic rings. The first kappa shape index (κ1) is 12.2. The minimum Gasteiger partial charge on any atom is -0.482 e. The molecule has 0 spiro atoms. The molecular formula is C10H11ClO3S. The Morgan fingerprint density at radius 2 is 2.20 bits per heavy atom. The second-order valence-electron chi connectivity index (χ2n) is 2.93. The minimum absolute atomic E-state index is 0.119. The van der Waals surface area contributed by atoms with E-state index in [1.165, 1.54) is 7.11 Å². The van der Waals surface area contributed by atoms with Crippen molar-refractivity contribution in [3.8, 4) is 5.75 Å². The van der Waals surface area contributed by atoms with E-state index in [1.54, 1.807) is 12.1 Å². The molecule has 5 heteroatoms. The molecule has 15 heavy (non-hydrogen) atoms. The van der Waals surface area contributed by atoms with Crippen molar-refractivity contribution in [2.45, 2.75) is 11.8 Å². The van der Waals surface area contributed by atoms with Crippen LogP contribution in [0.5, 0.6) is 5.75 Å². The molecule has 0 saturated heterocycles.